The predicted octanol–water partition coefficient (Wildman–Crippen LogP) is 5.44. The maximum absolute atomic E-state index is 13.7. The van der Waals surface area contributed by atoms with Crippen LogP contribution in [0.4, 0.5) is 0 Å². The van der Waals surface area contributed by atoms with Crippen LogP contribution in [0.1, 0.15) is 51.9 Å². The molecule has 1 aliphatic heterocycles. The number of nitrogens with zero attached hydrogens (tertiary/aromatic N) is 1. The molecule has 0 spiro atoms. The quantitative estimate of drug-likeness (QED) is 0.567. The Bertz CT molecular complexity index is 1130. The van der Waals surface area contributed by atoms with Crippen molar-refractivity contribution < 1.29 is 14.6 Å². The van der Waals surface area contributed by atoms with Crippen LogP contribution in [0, 0.1) is 6.92 Å². The minimum atomic E-state index is -1.06. The van der Waals surface area contributed by atoms with E-state index < -0.39 is 5.72 Å². The largest absolute Gasteiger partial charge is 0.393 e. The van der Waals surface area contributed by atoms with E-state index in [1.54, 1.807) is 0 Å². The normalized spacial score (nSPS) is 24.7. The van der Waals surface area contributed by atoms with Gasteiger partial charge in [-0.3, -0.25) is 9.69 Å². The van der Waals surface area contributed by atoms with Crippen molar-refractivity contribution in [3.05, 3.63) is 106 Å². The monoisotopic (exact) mass is 447 g/mol. The Hall–Kier alpha value is -2.66. The number of aliphatic hydroxyl groups excluding tert-OH is 1. The van der Waals surface area contributed by atoms with Crippen LogP contribution in [-0.4, -0.2) is 28.1 Å². The molecule has 2 aliphatic rings. The molecule has 4 nitrogen and oxygen atoms in total. The van der Waals surface area contributed by atoms with Gasteiger partial charge in [-0.2, -0.15) is 0 Å². The van der Waals surface area contributed by atoms with E-state index >= 15 is 0 Å². The van der Waals surface area contributed by atoms with Crippen molar-refractivity contribution in [2.45, 2.75) is 50.7 Å². The Labute approximate surface area is 193 Å². The van der Waals surface area contributed by atoms with Gasteiger partial charge in [0.15, 0.2) is 5.72 Å². The van der Waals surface area contributed by atoms with Gasteiger partial charge in [0, 0.05) is 28.3 Å². The first-order valence-electron chi connectivity index (χ1n) is 11.1. The maximum Gasteiger partial charge on any atom is 0.257 e. The van der Waals surface area contributed by atoms with E-state index in [0.29, 0.717) is 30.0 Å². The number of rotatable bonds is 5. The molecular formula is C27H26ClNO3. The zero-order chi connectivity index (χ0) is 22.3. The number of carbonyl (C=O) groups is 1. The molecule has 1 heterocycles. The van der Waals surface area contributed by atoms with Gasteiger partial charge in [0.05, 0.1) is 12.2 Å². The predicted molar refractivity (Wildman–Crippen MR) is 124 cm³/mol. The Kier molecular flexibility index (Phi) is 5.54. The second-order valence-corrected chi connectivity index (χ2v) is 9.22. The fourth-order valence-corrected chi connectivity index (χ4v) is 5.03. The van der Waals surface area contributed by atoms with Gasteiger partial charge in [0.25, 0.3) is 5.91 Å². The highest BCUT2D eigenvalue weighted by Crippen LogP contribution is 2.48. The summed E-state index contributed by atoms with van der Waals surface area (Å²) in [6.45, 7) is 2.43. The van der Waals surface area contributed by atoms with Crippen LogP contribution in [0.3, 0.4) is 0 Å². The zero-order valence-electron chi connectivity index (χ0n) is 18.0. The molecule has 0 saturated heterocycles. The number of aryl methyl sites for hydroxylation is 1. The standard InChI is InChI=1S/C27H26ClNO3/c1-18-6-10-20(11-7-18)27(32-23-15-14-22(30)16-23)25-5-3-2-4-24(25)26(31)29(27)17-19-8-12-21(28)13-9-19/h2-13,22-23,30H,14-17H2,1H3/t22?,23?,27-/m1/s1. The Morgan fingerprint density at radius 2 is 1.75 bits per heavy atom. The van der Waals surface area contributed by atoms with Crippen LogP contribution in [0.25, 0.3) is 0 Å². The molecule has 3 aromatic carbocycles. The van der Waals surface area contributed by atoms with Crippen molar-refractivity contribution >= 4 is 17.5 Å². The summed E-state index contributed by atoms with van der Waals surface area (Å²) in [6.07, 6.45) is 1.53. The van der Waals surface area contributed by atoms with Gasteiger partial charge in [0.2, 0.25) is 0 Å². The number of hydrogen-bond donors (Lipinski definition) is 1. The highest BCUT2D eigenvalue weighted by atomic mass is 35.5. The van der Waals surface area contributed by atoms with E-state index in [1.807, 2.05) is 72.5 Å². The van der Waals surface area contributed by atoms with Gasteiger partial charge in [-0.05, 0) is 49.9 Å². The SMILES string of the molecule is Cc1ccc([C@@]2(OC3CCC(O)C3)c3ccccc3C(=O)N2Cc2ccc(Cl)cc2)cc1. The molecule has 1 aliphatic carbocycles. The number of fused-ring (bicyclic) bond motifs is 1. The minimum Gasteiger partial charge on any atom is -0.393 e. The van der Waals surface area contributed by atoms with Crippen molar-refractivity contribution in [1.29, 1.82) is 0 Å². The molecule has 164 valence electrons. The lowest BCUT2D eigenvalue weighted by atomic mass is 9.92. The fourth-order valence-electron chi connectivity index (χ4n) is 4.91. The minimum absolute atomic E-state index is 0.0605. The molecule has 5 rings (SSSR count). The fraction of sp³-hybridized carbons (Fsp3) is 0.296. The molecule has 1 fully saturated rings. The lowest BCUT2D eigenvalue weighted by Gasteiger charge is -2.41. The highest BCUT2D eigenvalue weighted by Gasteiger charge is 2.53. The van der Waals surface area contributed by atoms with Crippen LogP contribution in [0.5, 0.6) is 0 Å². The highest BCUT2D eigenvalue weighted by molar-refractivity contribution is 6.30. The number of ether oxygens (including phenoxy) is 1. The molecule has 0 aromatic heterocycles. The molecule has 1 N–H and O–H groups in total. The first-order chi connectivity index (χ1) is 15.5. The topological polar surface area (TPSA) is 49.8 Å². The van der Waals surface area contributed by atoms with Gasteiger partial charge < -0.3 is 9.84 Å². The first kappa shape index (κ1) is 21.2. The second kappa shape index (κ2) is 8.36. The van der Waals surface area contributed by atoms with Gasteiger partial charge >= 0.3 is 0 Å². The van der Waals surface area contributed by atoms with E-state index in [2.05, 4.69) is 12.1 Å². The number of aliphatic hydroxyl groups is 1. The van der Waals surface area contributed by atoms with Crippen LogP contribution in [0.2, 0.25) is 5.02 Å². The summed E-state index contributed by atoms with van der Waals surface area (Å²) in [5.41, 5.74) is 3.47. The molecule has 1 saturated carbocycles. The average Bonchev–Trinajstić information content (AvgIpc) is 3.31. The van der Waals surface area contributed by atoms with Crippen LogP contribution in [-0.2, 0) is 17.0 Å². The summed E-state index contributed by atoms with van der Waals surface area (Å²) in [5, 5.41) is 10.8. The lowest BCUT2D eigenvalue weighted by Crippen LogP contribution is -2.48. The van der Waals surface area contributed by atoms with E-state index in [9.17, 15) is 9.90 Å². The van der Waals surface area contributed by atoms with Gasteiger partial charge in [-0.1, -0.05) is 71.8 Å². The Balaban J connectivity index is 1.67. The van der Waals surface area contributed by atoms with E-state index in [-0.39, 0.29) is 18.1 Å². The number of amides is 1. The molecule has 1 amide bonds. The molecule has 0 bridgehead atoms. The van der Waals surface area contributed by atoms with Crippen LogP contribution >= 0.6 is 11.6 Å². The Morgan fingerprint density at radius 3 is 2.44 bits per heavy atom. The lowest BCUT2D eigenvalue weighted by molar-refractivity contribution is -0.147. The van der Waals surface area contributed by atoms with Crippen molar-refractivity contribution in [3.63, 3.8) is 0 Å². The molecule has 3 atom stereocenters. The summed E-state index contributed by atoms with van der Waals surface area (Å²) in [6, 6.07) is 23.5. The average molecular weight is 448 g/mol. The van der Waals surface area contributed by atoms with Crippen molar-refractivity contribution in [1.82, 2.24) is 4.90 Å². The van der Waals surface area contributed by atoms with Crippen LogP contribution in [0.15, 0.2) is 72.8 Å². The van der Waals surface area contributed by atoms with Gasteiger partial charge in [0.1, 0.15) is 0 Å². The number of hydrogen-bond acceptors (Lipinski definition) is 3. The number of halogens is 1. The van der Waals surface area contributed by atoms with Gasteiger partial charge in [-0.15, -0.1) is 0 Å². The van der Waals surface area contributed by atoms with E-state index in [4.69, 9.17) is 16.3 Å². The summed E-state index contributed by atoms with van der Waals surface area (Å²) >= 11 is 6.09. The zero-order valence-corrected chi connectivity index (χ0v) is 18.8. The third kappa shape index (κ3) is 3.62. The number of benzene rings is 3. The summed E-state index contributed by atoms with van der Waals surface area (Å²) < 4.78 is 6.88. The van der Waals surface area contributed by atoms with Gasteiger partial charge in [-0.25, -0.2) is 0 Å². The summed E-state index contributed by atoms with van der Waals surface area (Å²) in [7, 11) is 0. The third-order valence-electron chi connectivity index (χ3n) is 6.54. The second-order valence-electron chi connectivity index (χ2n) is 8.78. The van der Waals surface area contributed by atoms with Crippen LogP contribution < -0.4 is 0 Å². The van der Waals surface area contributed by atoms with Crippen molar-refractivity contribution in [2.75, 3.05) is 0 Å². The number of carbonyl (C=O) groups excluding carboxylic acids is 1. The molecule has 0 radical (unpaired) electrons. The summed E-state index contributed by atoms with van der Waals surface area (Å²) in [4.78, 5) is 15.6. The molecular weight excluding hydrogens is 422 g/mol. The molecule has 3 aromatic rings. The molecule has 32 heavy (non-hydrogen) atoms. The Morgan fingerprint density at radius 1 is 1.03 bits per heavy atom. The van der Waals surface area contributed by atoms with Crippen molar-refractivity contribution in [2.24, 2.45) is 0 Å². The van der Waals surface area contributed by atoms with Crippen molar-refractivity contribution in [3.8, 4) is 0 Å². The molecule has 2 unspecified atom stereocenters. The maximum atomic E-state index is 13.7. The molecule has 5 heteroatoms. The summed E-state index contributed by atoms with van der Waals surface area (Å²) in [5.74, 6) is -0.0605. The first-order valence-corrected chi connectivity index (χ1v) is 11.4. The van der Waals surface area contributed by atoms with E-state index in [0.717, 1.165) is 28.7 Å². The smallest absolute Gasteiger partial charge is 0.257 e. The third-order valence-corrected chi connectivity index (χ3v) is 6.79. The van der Waals surface area contributed by atoms with E-state index in [1.165, 1.54) is 0 Å².